The molecule has 7 aromatic rings. The van der Waals surface area contributed by atoms with Gasteiger partial charge in [-0.15, -0.1) is 0 Å². The van der Waals surface area contributed by atoms with Crippen LogP contribution in [0.3, 0.4) is 0 Å². The predicted molar refractivity (Wildman–Crippen MR) is 169 cm³/mol. The van der Waals surface area contributed by atoms with Crippen molar-refractivity contribution in [3.05, 3.63) is 140 Å². The first-order chi connectivity index (χ1) is 21.3. The molecule has 0 aliphatic carbocycles. The fraction of sp³-hybridized carbons (Fsp3) is 0.0588. The SMILES string of the molecule is Cc1ccc(N(c2ccc(C)cc2)c2ccc(-c3ncc(/N=c4\c(=O)c(=O)c5c(F)cc(F)cc45)c4nsnc34)cc2)cc1. The van der Waals surface area contributed by atoms with Crippen molar-refractivity contribution in [2.75, 3.05) is 4.90 Å². The van der Waals surface area contributed by atoms with Gasteiger partial charge in [-0.1, -0.05) is 47.5 Å². The predicted octanol–water partition coefficient (Wildman–Crippen LogP) is 7.10. The van der Waals surface area contributed by atoms with E-state index >= 15 is 0 Å². The van der Waals surface area contributed by atoms with E-state index in [0.29, 0.717) is 22.8 Å². The molecule has 0 saturated carbocycles. The van der Waals surface area contributed by atoms with Gasteiger partial charge in [0.2, 0.25) is 5.43 Å². The summed E-state index contributed by atoms with van der Waals surface area (Å²) in [6.45, 7) is 4.10. The second kappa shape index (κ2) is 10.7. The van der Waals surface area contributed by atoms with E-state index in [2.05, 4.69) is 86.0 Å². The standard InChI is InChI=1S/C34H21F2N5O2S/c1-18-3-9-22(10-4-18)41(23-11-5-19(2)6-12-23)24-13-7-20(8-14-24)29-32-31(39-44-40-32)27(17-37-29)38-30-25-15-21(35)16-26(36)28(25)33(42)34(30)43/h3-17H,1-2H3/b38-30-. The van der Waals surface area contributed by atoms with Crippen LogP contribution in [0.1, 0.15) is 11.1 Å². The summed E-state index contributed by atoms with van der Waals surface area (Å²) < 4.78 is 37.1. The Kier molecular flexibility index (Phi) is 6.63. The average molecular weight is 602 g/mol. The van der Waals surface area contributed by atoms with Crippen LogP contribution in [-0.2, 0) is 0 Å². The molecule has 0 aliphatic rings. The number of halogens is 2. The minimum absolute atomic E-state index is 0.160. The van der Waals surface area contributed by atoms with Gasteiger partial charge in [0, 0.05) is 34.1 Å². The Bertz CT molecular complexity index is 2320. The number of nitrogens with zero attached hydrogens (tertiary/aromatic N) is 5. The Labute approximate surface area is 253 Å². The molecule has 2 aromatic heterocycles. The monoisotopic (exact) mass is 601 g/mol. The average Bonchev–Trinajstić information content (AvgIpc) is 3.60. The number of rotatable bonds is 5. The van der Waals surface area contributed by atoms with Crippen molar-refractivity contribution in [2.45, 2.75) is 13.8 Å². The number of pyridine rings is 1. The van der Waals surface area contributed by atoms with Gasteiger partial charge in [0.15, 0.2) is 0 Å². The third kappa shape index (κ3) is 4.65. The largest absolute Gasteiger partial charge is 0.311 e. The highest BCUT2D eigenvalue weighted by Crippen LogP contribution is 2.37. The lowest BCUT2D eigenvalue weighted by Gasteiger charge is -2.26. The van der Waals surface area contributed by atoms with Crippen molar-refractivity contribution in [3.8, 4) is 11.3 Å². The lowest BCUT2D eigenvalue weighted by Crippen LogP contribution is -2.30. The number of aromatic nitrogens is 3. The topological polar surface area (TPSA) is 88.4 Å². The lowest BCUT2D eigenvalue weighted by molar-refractivity contribution is 0.592. The summed E-state index contributed by atoms with van der Waals surface area (Å²) in [5, 5.41) is -1.04. The van der Waals surface area contributed by atoms with Crippen molar-refractivity contribution >= 4 is 56.3 Å². The Balaban J connectivity index is 1.31. The van der Waals surface area contributed by atoms with Crippen LogP contribution in [-0.4, -0.2) is 13.7 Å². The summed E-state index contributed by atoms with van der Waals surface area (Å²) in [6.07, 6.45) is 1.41. The molecule has 0 aliphatic heterocycles. The van der Waals surface area contributed by atoms with Gasteiger partial charge >= 0.3 is 0 Å². The number of fused-ring (bicyclic) bond motifs is 2. The van der Waals surface area contributed by atoms with Gasteiger partial charge in [-0.2, -0.15) is 8.75 Å². The Morgan fingerprint density at radius 1 is 0.727 bits per heavy atom. The second-order valence-corrected chi connectivity index (χ2v) is 11.0. The molecule has 44 heavy (non-hydrogen) atoms. The van der Waals surface area contributed by atoms with Gasteiger partial charge in [-0.3, -0.25) is 14.6 Å². The first-order valence-corrected chi connectivity index (χ1v) is 14.3. The minimum atomic E-state index is -1.11. The molecule has 7 rings (SSSR count). The highest BCUT2D eigenvalue weighted by atomic mass is 32.1. The molecule has 10 heteroatoms. The highest BCUT2D eigenvalue weighted by Gasteiger charge is 2.19. The van der Waals surface area contributed by atoms with Crippen LogP contribution in [0.15, 0.2) is 106 Å². The summed E-state index contributed by atoms with van der Waals surface area (Å²) in [6, 6.07) is 26.0. The Hall–Kier alpha value is -5.48. The lowest BCUT2D eigenvalue weighted by atomic mass is 10.1. The maximum atomic E-state index is 14.3. The maximum absolute atomic E-state index is 14.3. The van der Waals surface area contributed by atoms with Crippen LogP contribution in [0.5, 0.6) is 0 Å². The van der Waals surface area contributed by atoms with Crippen LogP contribution in [0.25, 0.3) is 33.1 Å². The molecule has 0 spiro atoms. The third-order valence-corrected chi connectivity index (χ3v) is 7.97. The summed E-state index contributed by atoms with van der Waals surface area (Å²) in [5.41, 5.74) is 5.50. The molecule has 0 atom stereocenters. The first kappa shape index (κ1) is 27.4. The van der Waals surface area contributed by atoms with Crippen LogP contribution >= 0.6 is 11.7 Å². The molecular weight excluding hydrogens is 580 g/mol. The quantitative estimate of drug-likeness (QED) is 0.196. The van der Waals surface area contributed by atoms with E-state index in [9.17, 15) is 18.4 Å². The van der Waals surface area contributed by atoms with Crippen molar-refractivity contribution in [3.63, 3.8) is 0 Å². The molecule has 0 fully saturated rings. The number of anilines is 3. The van der Waals surface area contributed by atoms with Crippen molar-refractivity contribution in [1.82, 2.24) is 13.7 Å². The number of aryl methyl sites for hydroxylation is 2. The normalized spacial score (nSPS) is 12.0. The molecule has 0 N–H and O–H groups in total. The third-order valence-electron chi connectivity index (χ3n) is 7.45. The van der Waals surface area contributed by atoms with Gasteiger partial charge in [0.1, 0.15) is 33.7 Å². The first-order valence-electron chi connectivity index (χ1n) is 13.6. The van der Waals surface area contributed by atoms with E-state index < -0.39 is 27.9 Å². The van der Waals surface area contributed by atoms with E-state index in [1.165, 1.54) is 17.3 Å². The zero-order valence-corrected chi connectivity index (χ0v) is 24.2. The highest BCUT2D eigenvalue weighted by molar-refractivity contribution is 7.00. The Morgan fingerprint density at radius 2 is 1.30 bits per heavy atom. The van der Waals surface area contributed by atoms with Gasteiger partial charge in [0.25, 0.3) is 5.43 Å². The van der Waals surface area contributed by atoms with Crippen LogP contribution < -0.4 is 21.1 Å². The smallest absolute Gasteiger partial charge is 0.252 e. The van der Waals surface area contributed by atoms with Crippen molar-refractivity contribution in [2.24, 2.45) is 4.99 Å². The molecule has 0 unspecified atom stereocenters. The van der Waals surface area contributed by atoms with Gasteiger partial charge < -0.3 is 4.90 Å². The summed E-state index contributed by atoms with van der Waals surface area (Å²) >= 11 is 0.941. The molecule has 0 bridgehead atoms. The molecule has 214 valence electrons. The van der Waals surface area contributed by atoms with E-state index in [1.807, 2.05) is 24.3 Å². The molecule has 0 saturated heterocycles. The number of hydrogen-bond donors (Lipinski definition) is 0. The molecule has 0 amide bonds. The zero-order chi connectivity index (χ0) is 30.5. The van der Waals surface area contributed by atoms with Gasteiger partial charge in [-0.25, -0.2) is 13.8 Å². The minimum Gasteiger partial charge on any atom is -0.311 e. The molecular formula is C34H21F2N5O2S. The molecule has 7 nitrogen and oxygen atoms in total. The van der Waals surface area contributed by atoms with Crippen LogP contribution in [0.2, 0.25) is 0 Å². The number of benzene rings is 4. The Morgan fingerprint density at radius 3 is 1.91 bits per heavy atom. The molecule has 2 heterocycles. The van der Waals surface area contributed by atoms with Gasteiger partial charge in [-0.05, 0) is 56.3 Å². The summed E-state index contributed by atoms with van der Waals surface area (Å²) in [5.74, 6) is -2.03. The molecule has 5 aromatic carbocycles. The van der Waals surface area contributed by atoms with Crippen LogP contribution in [0.4, 0.5) is 31.5 Å². The van der Waals surface area contributed by atoms with Crippen molar-refractivity contribution < 1.29 is 8.78 Å². The summed E-state index contributed by atoms with van der Waals surface area (Å²) in [4.78, 5) is 36.2. The van der Waals surface area contributed by atoms with Crippen molar-refractivity contribution in [1.29, 1.82) is 0 Å². The van der Waals surface area contributed by atoms with Gasteiger partial charge in [0.05, 0.1) is 29.0 Å². The fourth-order valence-electron chi connectivity index (χ4n) is 5.22. The summed E-state index contributed by atoms with van der Waals surface area (Å²) in [7, 11) is 0. The number of hydrogen-bond acceptors (Lipinski definition) is 8. The molecule has 0 radical (unpaired) electrons. The van der Waals surface area contributed by atoms with E-state index in [1.54, 1.807) is 0 Å². The van der Waals surface area contributed by atoms with E-state index in [0.717, 1.165) is 40.4 Å². The fourth-order valence-corrected chi connectivity index (χ4v) is 5.78. The second-order valence-electron chi connectivity index (χ2n) is 10.4. The van der Waals surface area contributed by atoms with E-state index in [-0.39, 0.29) is 16.4 Å². The van der Waals surface area contributed by atoms with E-state index in [4.69, 9.17) is 0 Å². The van der Waals surface area contributed by atoms with Crippen LogP contribution in [0, 0.1) is 25.5 Å². The maximum Gasteiger partial charge on any atom is 0.252 e. The zero-order valence-electron chi connectivity index (χ0n) is 23.4.